The average Bonchev–Trinajstić information content (AvgIpc) is 2.82. The second kappa shape index (κ2) is 10.2. The van der Waals surface area contributed by atoms with Crippen LogP contribution in [0.5, 0.6) is 0 Å². The van der Waals surface area contributed by atoms with E-state index in [1.54, 1.807) is 42.9 Å². The fraction of sp³-hybridized carbons (Fsp3) is 0.130. The lowest BCUT2D eigenvalue weighted by Crippen LogP contribution is -2.42. The van der Waals surface area contributed by atoms with E-state index in [9.17, 15) is 9.59 Å². The number of nitrogens with zero attached hydrogens (tertiary/aromatic N) is 2. The quantitative estimate of drug-likeness (QED) is 0.190. The molecule has 168 valence electrons. The van der Waals surface area contributed by atoms with Gasteiger partial charge in [0.1, 0.15) is 5.82 Å². The van der Waals surface area contributed by atoms with Gasteiger partial charge in [-0.15, -0.1) is 23.4 Å². The molecule has 0 spiro atoms. The van der Waals surface area contributed by atoms with Crippen molar-refractivity contribution < 1.29 is 9.59 Å². The molecule has 3 N–H and O–H groups in total. The van der Waals surface area contributed by atoms with E-state index in [2.05, 4.69) is 21.2 Å². The van der Waals surface area contributed by atoms with Crippen LogP contribution in [0.15, 0.2) is 60.9 Å². The lowest BCUT2D eigenvalue weighted by atomic mass is 10.1. The smallest absolute Gasteiger partial charge is 0.269 e. The molecule has 4 rings (SSSR count). The van der Waals surface area contributed by atoms with Gasteiger partial charge in [-0.05, 0) is 42.7 Å². The highest BCUT2D eigenvalue weighted by Crippen LogP contribution is 2.31. The van der Waals surface area contributed by atoms with Crippen LogP contribution in [0, 0.1) is 0 Å². The second-order valence-corrected chi connectivity index (χ2v) is 9.36. The predicted molar refractivity (Wildman–Crippen MR) is 135 cm³/mol. The first-order valence-corrected chi connectivity index (χ1v) is 12.0. The van der Waals surface area contributed by atoms with Gasteiger partial charge in [0, 0.05) is 44.8 Å². The summed E-state index contributed by atoms with van der Waals surface area (Å²) in [6.07, 6.45) is 5.35. The van der Waals surface area contributed by atoms with Crippen LogP contribution in [0.2, 0.25) is 5.02 Å². The van der Waals surface area contributed by atoms with Crippen molar-refractivity contribution in [2.45, 2.75) is 11.1 Å². The number of nitrogens with one attached hydrogen (secondary N) is 3. The molecule has 0 radical (unpaired) electrons. The third-order valence-electron chi connectivity index (χ3n) is 4.86. The van der Waals surface area contributed by atoms with Gasteiger partial charge in [-0.2, -0.15) is 0 Å². The summed E-state index contributed by atoms with van der Waals surface area (Å²) in [5, 5.41) is 6.51. The standard InChI is InChI=1S/C23H19Cl2N5O2S/c1-33-20(25)11-21(31)29-30-23(32)13-5-6-16-18-12-26-8-7-17(18)22(28-19(16)9-13)27-15-4-2-3-14(24)10-15/h2-10,12,20H,11H2,1H3,(H,27,28)(H,29,31)(H,30,32). The van der Waals surface area contributed by atoms with Crippen LogP contribution < -0.4 is 16.2 Å². The van der Waals surface area contributed by atoms with Crippen molar-refractivity contribution in [3.05, 3.63) is 71.5 Å². The molecule has 0 fully saturated rings. The Balaban J connectivity index is 1.64. The zero-order chi connectivity index (χ0) is 23.4. The van der Waals surface area contributed by atoms with Gasteiger partial charge in [-0.1, -0.05) is 23.7 Å². The first kappa shape index (κ1) is 23.1. The lowest BCUT2D eigenvalue weighted by Gasteiger charge is -2.13. The van der Waals surface area contributed by atoms with Crippen LogP contribution in [0.25, 0.3) is 21.7 Å². The maximum Gasteiger partial charge on any atom is 0.269 e. The highest BCUT2D eigenvalue weighted by atomic mass is 35.5. The van der Waals surface area contributed by atoms with Crippen molar-refractivity contribution in [2.24, 2.45) is 0 Å². The molecule has 1 unspecified atom stereocenters. The van der Waals surface area contributed by atoms with Crippen molar-refractivity contribution in [1.29, 1.82) is 0 Å². The molecule has 33 heavy (non-hydrogen) atoms. The molecular weight excluding hydrogens is 481 g/mol. The van der Waals surface area contributed by atoms with E-state index in [0.29, 0.717) is 21.9 Å². The molecule has 1 atom stereocenters. The molecule has 10 heteroatoms. The Bertz CT molecular complexity index is 1350. The number of hydrogen-bond acceptors (Lipinski definition) is 6. The van der Waals surface area contributed by atoms with Gasteiger partial charge in [0.25, 0.3) is 5.91 Å². The number of thioether (sulfide) groups is 1. The molecule has 4 aromatic rings. The Morgan fingerprint density at radius 2 is 1.91 bits per heavy atom. The Hall–Kier alpha value is -3.07. The van der Waals surface area contributed by atoms with E-state index < -0.39 is 5.91 Å². The fourth-order valence-corrected chi connectivity index (χ4v) is 3.91. The topological polar surface area (TPSA) is 96.0 Å². The van der Waals surface area contributed by atoms with Gasteiger partial charge < -0.3 is 5.32 Å². The summed E-state index contributed by atoms with van der Waals surface area (Å²) < 4.78 is -0.362. The number of alkyl halides is 1. The van der Waals surface area contributed by atoms with E-state index in [0.717, 1.165) is 21.8 Å². The maximum atomic E-state index is 12.6. The summed E-state index contributed by atoms with van der Waals surface area (Å²) in [5.41, 5.74) is 6.53. The molecule has 2 heterocycles. The molecule has 0 saturated carbocycles. The summed E-state index contributed by atoms with van der Waals surface area (Å²) in [7, 11) is 0. The third kappa shape index (κ3) is 5.47. The average molecular weight is 500 g/mol. The van der Waals surface area contributed by atoms with Gasteiger partial charge in [0.05, 0.1) is 16.6 Å². The van der Waals surface area contributed by atoms with Crippen molar-refractivity contribution in [3.8, 4) is 0 Å². The van der Waals surface area contributed by atoms with E-state index in [-0.39, 0.29) is 17.0 Å². The molecule has 2 aromatic carbocycles. The number of fused-ring (bicyclic) bond motifs is 3. The Labute approximate surface area is 204 Å². The molecular formula is C23H19Cl2N5O2S. The van der Waals surface area contributed by atoms with E-state index in [1.807, 2.05) is 24.3 Å². The lowest BCUT2D eigenvalue weighted by molar-refractivity contribution is -0.121. The minimum Gasteiger partial charge on any atom is -0.340 e. The summed E-state index contributed by atoms with van der Waals surface area (Å²) >= 11 is 13.4. The fourth-order valence-electron chi connectivity index (χ4n) is 3.27. The number of rotatable bonds is 6. The van der Waals surface area contributed by atoms with Crippen LogP contribution in [0.4, 0.5) is 11.5 Å². The summed E-state index contributed by atoms with van der Waals surface area (Å²) in [6, 6.07) is 14.4. The Morgan fingerprint density at radius 1 is 1.06 bits per heavy atom. The number of benzene rings is 2. The van der Waals surface area contributed by atoms with Gasteiger partial charge in [0.2, 0.25) is 5.91 Å². The van der Waals surface area contributed by atoms with Crippen LogP contribution in [0.3, 0.4) is 0 Å². The highest BCUT2D eigenvalue weighted by Gasteiger charge is 2.14. The van der Waals surface area contributed by atoms with E-state index >= 15 is 0 Å². The molecule has 0 saturated heterocycles. The maximum absolute atomic E-state index is 12.6. The van der Waals surface area contributed by atoms with Crippen molar-refractivity contribution in [1.82, 2.24) is 20.8 Å². The SMILES string of the molecule is CSC(Cl)CC(=O)NNC(=O)c1ccc2c(c1)nc(Nc1cccc(Cl)c1)c1ccncc12. The van der Waals surface area contributed by atoms with Crippen LogP contribution >= 0.6 is 35.0 Å². The molecule has 0 bridgehead atoms. The van der Waals surface area contributed by atoms with Crippen LogP contribution in [-0.2, 0) is 4.79 Å². The molecule has 2 amide bonds. The molecule has 0 aliphatic carbocycles. The monoisotopic (exact) mass is 499 g/mol. The summed E-state index contributed by atoms with van der Waals surface area (Å²) in [4.78, 5) is 33.5. The first-order chi connectivity index (χ1) is 15.9. The summed E-state index contributed by atoms with van der Waals surface area (Å²) in [6.45, 7) is 0. The zero-order valence-corrected chi connectivity index (χ0v) is 19.8. The van der Waals surface area contributed by atoms with Crippen molar-refractivity contribution in [3.63, 3.8) is 0 Å². The Morgan fingerprint density at radius 3 is 2.70 bits per heavy atom. The zero-order valence-electron chi connectivity index (χ0n) is 17.4. The number of pyridine rings is 2. The minimum atomic E-state index is -0.460. The van der Waals surface area contributed by atoms with Crippen molar-refractivity contribution >= 4 is 80.0 Å². The number of hydrazine groups is 1. The number of amides is 2. The normalized spacial score (nSPS) is 11.8. The van der Waals surface area contributed by atoms with E-state index in [1.165, 1.54) is 11.8 Å². The molecule has 0 aliphatic rings. The third-order valence-corrected chi connectivity index (χ3v) is 6.47. The van der Waals surface area contributed by atoms with Gasteiger partial charge >= 0.3 is 0 Å². The molecule has 0 aliphatic heterocycles. The number of hydrogen-bond donors (Lipinski definition) is 3. The number of carbonyl (C=O) groups is 2. The van der Waals surface area contributed by atoms with Gasteiger partial charge in [-0.25, -0.2) is 4.98 Å². The van der Waals surface area contributed by atoms with Gasteiger partial charge in [0.15, 0.2) is 0 Å². The molecule has 7 nitrogen and oxygen atoms in total. The van der Waals surface area contributed by atoms with Crippen LogP contribution in [0.1, 0.15) is 16.8 Å². The van der Waals surface area contributed by atoms with Gasteiger partial charge in [-0.3, -0.25) is 25.4 Å². The highest BCUT2D eigenvalue weighted by molar-refractivity contribution is 8.00. The molecule has 2 aromatic heterocycles. The number of carbonyl (C=O) groups excluding carboxylic acids is 2. The minimum absolute atomic E-state index is 0.0831. The number of aromatic nitrogens is 2. The van der Waals surface area contributed by atoms with Crippen LogP contribution in [-0.4, -0.2) is 32.7 Å². The van der Waals surface area contributed by atoms with E-state index in [4.69, 9.17) is 28.2 Å². The van der Waals surface area contributed by atoms with Crippen molar-refractivity contribution in [2.75, 3.05) is 11.6 Å². The number of anilines is 2. The Kier molecular flexibility index (Phi) is 7.17. The number of halogens is 2. The predicted octanol–water partition coefficient (Wildman–Crippen LogP) is 5.26. The first-order valence-electron chi connectivity index (χ1n) is 9.90. The largest absolute Gasteiger partial charge is 0.340 e. The second-order valence-electron chi connectivity index (χ2n) is 7.10. The summed E-state index contributed by atoms with van der Waals surface area (Å²) in [5.74, 6) is -0.224.